The van der Waals surface area contributed by atoms with Gasteiger partial charge in [0.05, 0.1) is 5.69 Å². The average Bonchev–Trinajstić information content (AvgIpc) is 3.10. The molecule has 10 heteroatoms. The Kier molecular flexibility index (Phi) is 5.12. The summed E-state index contributed by atoms with van der Waals surface area (Å²) >= 11 is 0. The summed E-state index contributed by atoms with van der Waals surface area (Å²) in [5, 5.41) is 6.55. The highest BCUT2D eigenvalue weighted by atomic mass is 19.1. The topological polar surface area (TPSA) is 84.5 Å². The average molecular weight is 450 g/mol. The SMILES string of the molecule is Cc1cc2nn(CC(=O)Nc3cc(F)ccc3F)c(=O)n2c(N2CCc3ccccc3C2)n1. The van der Waals surface area contributed by atoms with Crippen molar-refractivity contribution in [1.29, 1.82) is 0 Å². The minimum absolute atomic E-state index is 0.304. The van der Waals surface area contributed by atoms with Gasteiger partial charge in [-0.1, -0.05) is 24.3 Å². The molecular formula is C23H20F2N6O2. The lowest BCUT2D eigenvalue weighted by Crippen LogP contribution is -2.35. The molecule has 2 aromatic heterocycles. The Morgan fingerprint density at radius 2 is 1.91 bits per heavy atom. The lowest BCUT2D eigenvalue weighted by molar-refractivity contribution is -0.117. The smallest absolute Gasteiger partial charge is 0.337 e. The molecule has 0 radical (unpaired) electrons. The van der Waals surface area contributed by atoms with Crippen LogP contribution in [0.3, 0.4) is 0 Å². The molecule has 0 fully saturated rings. The lowest BCUT2D eigenvalue weighted by atomic mass is 10.0. The van der Waals surface area contributed by atoms with Crippen molar-refractivity contribution < 1.29 is 13.6 Å². The van der Waals surface area contributed by atoms with E-state index < -0.39 is 29.8 Å². The molecule has 0 aliphatic carbocycles. The van der Waals surface area contributed by atoms with Crippen molar-refractivity contribution in [1.82, 2.24) is 19.2 Å². The third-order valence-corrected chi connectivity index (χ3v) is 5.59. The van der Waals surface area contributed by atoms with E-state index >= 15 is 0 Å². The molecule has 3 heterocycles. The Morgan fingerprint density at radius 3 is 2.73 bits per heavy atom. The molecule has 33 heavy (non-hydrogen) atoms. The number of aromatic nitrogens is 4. The number of aryl methyl sites for hydroxylation is 1. The number of nitrogens with one attached hydrogen (secondary N) is 1. The van der Waals surface area contributed by atoms with E-state index in [1.165, 1.54) is 9.96 Å². The van der Waals surface area contributed by atoms with Gasteiger partial charge < -0.3 is 10.2 Å². The molecule has 4 aromatic rings. The van der Waals surface area contributed by atoms with Gasteiger partial charge in [-0.15, -0.1) is 5.10 Å². The molecule has 168 valence electrons. The molecule has 0 spiro atoms. The Bertz CT molecular complexity index is 1440. The number of benzene rings is 2. The van der Waals surface area contributed by atoms with Crippen LogP contribution in [0.5, 0.6) is 0 Å². The highest BCUT2D eigenvalue weighted by Crippen LogP contribution is 2.23. The summed E-state index contributed by atoms with van der Waals surface area (Å²) in [4.78, 5) is 32.2. The van der Waals surface area contributed by atoms with E-state index in [1.54, 1.807) is 6.07 Å². The Hall–Kier alpha value is -4.08. The van der Waals surface area contributed by atoms with Crippen molar-refractivity contribution >= 4 is 23.2 Å². The minimum Gasteiger partial charge on any atom is -0.337 e. The summed E-state index contributed by atoms with van der Waals surface area (Å²) in [6.07, 6.45) is 0.817. The lowest BCUT2D eigenvalue weighted by Gasteiger charge is -2.29. The van der Waals surface area contributed by atoms with Gasteiger partial charge in [0.2, 0.25) is 11.9 Å². The Labute approximate surface area is 187 Å². The molecule has 8 nitrogen and oxygen atoms in total. The van der Waals surface area contributed by atoms with Crippen molar-refractivity contribution in [3.63, 3.8) is 0 Å². The van der Waals surface area contributed by atoms with E-state index in [9.17, 15) is 18.4 Å². The molecule has 0 saturated carbocycles. The predicted octanol–water partition coefficient (Wildman–Crippen LogP) is 2.68. The molecular weight excluding hydrogens is 430 g/mol. The van der Waals surface area contributed by atoms with E-state index in [2.05, 4.69) is 27.5 Å². The van der Waals surface area contributed by atoms with Gasteiger partial charge in [-0.25, -0.2) is 27.6 Å². The van der Waals surface area contributed by atoms with Crippen LogP contribution in [0.25, 0.3) is 5.65 Å². The van der Waals surface area contributed by atoms with E-state index in [4.69, 9.17) is 0 Å². The van der Waals surface area contributed by atoms with Gasteiger partial charge in [-0.2, -0.15) is 0 Å². The van der Waals surface area contributed by atoms with E-state index in [1.807, 2.05) is 24.0 Å². The predicted molar refractivity (Wildman–Crippen MR) is 118 cm³/mol. The molecule has 2 aromatic carbocycles. The summed E-state index contributed by atoms with van der Waals surface area (Å²) in [5.41, 5.74) is 2.62. The molecule has 0 unspecified atom stereocenters. The summed E-state index contributed by atoms with van der Waals surface area (Å²) in [6.45, 7) is 2.63. The van der Waals surface area contributed by atoms with Crippen molar-refractivity contribution in [2.24, 2.45) is 0 Å². The van der Waals surface area contributed by atoms with Crippen LogP contribution in [-0.4, -0.2) is 31.6 Å². The van der Waals surface area contributed by atoms with E-state index in [0.29, 0.717) is 30.4 Å². The molecule has 5 rings (SSSR count). The molecule has 0 atom stereocenters. The number of hydrogen-bond acceptors (Lipinski definition) is 5. The Morgan fingerprint density at radius 1 is 1.12 bits per heavy atom. The monoisotopic (exact) mass is 450 g/mol. The first-order valence-electron chi connectivity index (χ1n) is 10.4. The van der Waals surface area contributed by atoms with E-state index in [-0.39, 0.29) is 5.69 Å². The largest absolute Gasteiger partial charge is 0.353 e. The van der Waals surface area contributed by atoms with Gasteiger partial charge >= 0.3 is 5.69 Å². The van der Waals surface area contributed by atoms with Gasteiger partial charge in [0.15, 0.2) is 5.65 Å². The standard InChI is InChI=1S/C23H20F2N6O2/c1-14-10-20-28-30(13-21(32)27-19-11-17(24)6-7-18(19)25)23(33)31(20)22(26-14)29-9-8-15-4-2-3-5-16(15)12-29/h2-7,10-11H,8-9,12-13H2,1H3,(H,27,32). The first-order valence-corrected chi connectivity index (χ1v) is 10.4. The van der Waals surface area contributed by atoms with Crippen LogP contribution in [-0.2, 0) is 24.3 Å². The molecule has 1 amide bonds. The number of nitrogens with zero attached hydrogens (tertiary/aromatic N) is 5. The number of fused-ring (bicyclic) bond motifs is 2. The van der Waals surface area contributed by atoms with Gasteiger partial charge in [0, 0.05) is 30.9 Å². The summed E-state index contributed by atoms with van der Waals surface area (Å²) in [6, 6.07) is 12.5. The zero-order valence-corrected chi connectivity index (χ0v) is 17.8. The number of anilines is 2. The van der Waals surface area contributed by atoms with Crippen LogP contribution < -0.4 is 15.9 Å². The number of amides is 1. The zero-order chi connectivity index (χ0) is 23.1. The number of carbonyl (C=O) groups is 1. The molecule has 1 aliphatic rings. The van der Waals surface area contributed by atoms with Crippen LogP contribution in [0, 0.1) is 18.6 Å². The zero-order valence-electron chi connectivity index (χ0n) is 17.8. The highest BCUT2D eigenvalue weighted by molar-refractivity contribution is 5.90. The van der Waals surface area contributed by atoms with Gasteiger partial charge in [-0.3, -0.25) is 4.79 Å². The maximum Gasteiger partial charge on any atom is 0.353 e. The van der Waals surface area contributed by atoms with E-state index in [0.717, 1.165) is 34.9 Å². The normalized spacial score (nSPS) is 13.2. The summed E-state index contributed by atoms with van der Waals surface area (Å²) in [7, 11) is 0. The third-order valence-electron chi connectivity index (χ3n) is 5.59. The first kappa shape index (κ1) is 20.8. The minimum atomic E-state index is -0.778. The summed E-state index contributed by atoms with van der Waals surface area (Å²) < 4.78 is 29.6. The van der Waals surface area contributed by atoms with Crippen LogP contribution in [0.4, 0.5) is 20.4 Å². The fourth-order valence-corrected chi connectivity index (χ4v) is 4.03. The van der Waals surface area contributed by atoms with Crippen LogP contribution in [0.15, 0.2) is 53.3 Å². The quantitative estimate of drug-likeness (QED) is 0.517. The number of hydrogen-bond donors (Lipinski definition) is 1. The Balaban J connectivity index is 1.46. The van der Waals surface area contributed by atoms with Gasteiger partial charge in [0.1, 0.15) is 18.2 Å². The van der Waals surface area contributed by atoms with Crippen molar-refractivity contribution in [3.8, 4) is 0 Å². The number of carbonyl (C=O) groups excluding carboxylic acids is 1. The first-order chi connectivity index (χ1) is 15.9. The van der Waals surface area contributed by atoms with Gasteiger partial charge in [-0.05, 0) is 36.6 Å². The van der Waals surface area contributed by atoms with Gasteiger partial charge in [0.25, 0.3) is 0 Å². The number of rotatable bonds is 4. The summed E-state index contributed by atoms with van der Waals surface area (Å²) in [5.74, 6) is -1.72. The molecule has 1 aliphatic heterocycles. The highest BCUT2D eigenvalue weighted by Gasteiger charge is 2.23. The van der Waals surface area contributed by atoms with Crippen LogP contribution >= 0.6 is 0 Å². The second kappa shape index (κ2) is 8.12. The second-order valence-corrected chi connectivity index (χ2v) is 7.94. The van der Waals surface area contributed by atoms with Crippen molar-refractivity contribution in [2.45, 2.75) is 26.4 Å². The molecule has 0 saturated heterocycles. The number of halogens is 2. The second-order valence-electron chi connectivity index (χ2n) is 7.94. The molecule has 0 bridgehead atoms. The van der Waals surface area contributed by atoms with Crippen molar-refractivity contribution in [2.75, 3.05) is 16.8 Å². The fourth-order valence-electron chi connectivity index (χ4n) is 4.03. The van der Waals surface area contributed by atoms with Crippen molar-refractivity contribution in [3.05, 3.63) is 87.5 Å². The fraction of sp³-hybridized carbons (Fsp3) is 0.217. The third kappa shape index (κ3) is 3.95. The molecule has 1 N–H and O–H groups in total. The van der Waals surface area contributed by atoms with Crippen LogP contribution in [0.2, 0.25) is 0 Å². The maximum atomic E-state index is 13.8. The van der Waals surface area contributed by atoms with Crippen LogP contribution in [0.1, 0.15) is 16.8 Å². The maximum absolute atomic E-state index is 13.8.